The molecule has 0 fully saturated rings. The molecule has 0 amide bonds. The zero-order valence-electron chi connectivity index (χ0n) is 23.3. The van der Waals surface area contributed by atoms with Crippen LogP contribution in [0.3, 0.4) is 0 Å². The summed E-state index contributed by atoms with van der Waals surface area (Å²) in [7, 11) is 3.39. The van der Waals surface area contributed by atoms with Gasteiger partial charge in [-0.15, -0.1) is 0 Å². The number of nitrogen functional groups attached to an aromatic ring is 1. The summed E-state index contributed by atoms with van der Waals surface area (Å²) in [5.74, 6) is -2.05. The number of anilines is 1. The van der Waals surface area contributed by atoms with Gasteiger partial charge in [0.1, 0.15) is 48.8 Å². The first kappa shape index (κ1) is 32.2. The Kier molecular flexibility index (Phi) is 12.5. The van der Waals surface area contributed by atoms with Crippen LogP contribution in [0.1, 0.15) is 52.7 Å². The van der Waals surface area contributed by atoms with Crippen LogP contribution in [0.5, 0.6) is 0 Å². The van der Waals surface area contributed by atoms with Crippen molar-refractivity contribution in [3.63, 3.8) is 0 Å². The number of hydrogen-bond donors (Lipinski definition) is 1. The molecule has 2 heterocycles. The van der Waals surface area contributed by atoms with Crippen LogP contribution in [0.25, 0.3) is 11.2 Å². The molecule has 0 radical (unpaired) electrons. The van der Waals surface area contributed by atoms with Gasteiger partial charge >= 0.3 is 17.9 Å². The van der Waals surface area contributed by atoms with E-state index in [9.17, 15) is 24.0 Å². The highest BCUT2D eigenvalue weighted by Gasteiger charge is 2.30. The van der Waals surface area contributed by atoms with Crippen molar-refractivity contribution in [3.05, 3.63) is 12.7 Å². The average molecular weight is 565 g/mol. The first-order valence-corrected chi connectivity index (χ1v) is 12.6. The molecule has 0 unspecified atom stereocenters. The summed E-state index contributed by atoms with van der Waals surface area (Å²) < 4.78 is 23.8. The number of aromatic nitrogens is 4. The van der Waals surface area contributed by atoms with Gasteiger partial charge in [0.05, 0.1) is 25.7 Å². The van der Waals surface area contributed by atoms with Crippen LogP contribution < -0.4 is 5.73 Å². The van der Waals surface area contributed by atoms with Crippen LogP contribution >= 0.6 is 0 Å². The van der Waals surface area contributed by atoms with Gasteiger partial charge in [-0.25, -0.2) is 15.0 Å². The Morgan fingerprint density at radius 2 is 1.52 bits per heavy atom. The lowest BCUT2D eigenvalue weighted by atomic mass is 10.2. The van der Waals surface area contributed by atoms with Crippen LogP contribution in [-0.4, -0.2) is 100.0 Å². The maximum Gasteiger partial charge on any atom is 0.320 e. The Labute approximate surface area is 231 Å². The van der Waals surface area contributed by atoms with Crippen molar-refractivity contribution >= 4 is 46.5 Å². The predicted molar refractivity (Wildman–Crippen MR) is 140 cm³/mol. The molecule has 3 atom stereocenters. The lowest BCUT2D eigenvalue weighted by molar-refractivity contribution is -0.182. The second-order valence-electron chi connectivity index (χ2n) is 9.41. The van der Waals surface area contributed by atoms with E-state index in [0.29, 0.717) is 0 Å². The molecule has 0 saturated heterocycles. The summed E-state index contributed by atoms with van der Waals surface area (Å²) in [4.78, 5) is 73.3. The van der Waals surface area contributed by atoms with Gasteiger partial charge in [-0.3, -0.25) is 23.9 Å². The van der Waals surface area contributed by atoms with Crippen LogP contribution in [0, 0.1) is 0 Å². The molecule has 0 aromatic carbocycles. The van der Waals surface area contributed by atoms with Crippen molar-refractivity contribution in [2.75, 3.05) is 39.6 Å². The van der Waals surface area contributed by atoms with Gasteiger partial charge in [-0.05, 0) is 34.9 Å². The summed E-state index contributed by atoms with van der Waals surface area (Å²) in [6, 6.07) is 0. The molecule has 0 aliphatic rings. The van der Waals surface area contributed by atoms with Crippen molar-refractivity contribution in [2.45, 2.75) is 64.9 Å². The molecule has 2 rings (SSSR count). The highest BCUT2D eigenvalue weighted by atomic mass is 16.6. The number of ether oxygens (including phenoxy) is 4. The monoisotopic (exact) mass is 564 g/mol. The molecular weight excluding hydrogens is 528 g/mol. The van der Waals surface area contributed by atoms with Crippen molar-refractivity contribution < 1.29 is 42.9 Å². The summed E-state index contributed by atoms with van der Waals surface area (Å²) >= 11 is 0. The van der Waals surface area contributed by atoms with E-state index >= 15 is 0 Å². The van der Waals surface area contributed by atoms with E-state index in [-0.39, 0.29) is 74.0 Å². The normalized spacial score (nSPS) is 13.4. The highest BCUT2D eigenvalue weighted by Crippen LogP contribution is 2.23. The van der Waals surface area contributed by atoms with Gasteiger partial charge < -0.3 is 34.3 Å². The van der Waals surface area contributed by atoms with Gasteiger partial charge in [0.25, 0.3) is 0 Å². The van der Waals surface area contributed by atoms with E-state index in [0.717, 1.165) is 0 Å². The molecule has 0 aliphatic carbocycles. The minimum absolute atomic E-state index is 0.000947. The molecule has 2 N–H and O–H groups in total. The third-order valence-electron chi connectivity index (χ3n) is 5.47. The molecule has 0 bridgehead atoms. The van der Waals surface area contributed by atoms with Crippen LogP contribution in [0.4, 0.5) is 5.82 Å². The van der Waals surface area contributed by atoms with Crippen LogP contribution in [0.15, 0.2) is 12.7 Å². The highest BCUT2D eigenvalue weighted by molar-refractivity contribution is 5.82. The fourth-order valence-electron chi connectivity index (χ4n) is 3.37. The van der Waals surface area contributed by atoms with Crippen molar-refractivity contribution in [1.82, 2.24) is 24.4 Å². The van der Waals surface area contributed by atoms with Gasteiger partial charge in [-0.2, -0.15) is 0 Å². The van der Waals surface area contributed by atoms with Gasteiger partial charge in [0.2, 0.25) is 0 Å². The van der Waals surface area contributed by atoms with Crippen LogP contribution in [-0.2, 0) is 42.9 Å². The third kappa shape index (κ3) is 10.6. The number of ketones is 2. The Morgan fingerprint density at radius 3 is 2.15 bits per heavy atom. The number of Topliss-reactive ketones (excluding diaryl/α,β-unsaturated/α-hetero) is 2. The Bertz CT molecular complexity index is 1200. The molecule has 40 heavy (non-hydrogen) atoms. The van der Waals surface area contributed by atoms with Crippen molar-refractivity contribution in [3.8, 4) is 0 Å². The zero-order chi connectivity index (χ0) is 29.8. The summed E-state index contributed by atoms with van der Waals surface area (Å²) in [6.45, 7) is 3.60. The number of hydrogen-bond acceptors (Lipinski definition) is 14. The Hall–Kier alpha value is -3.98. The number of fused-ring (bicyclic) bond motifs is 1. The first-order chi connectivity index (χ1) is 18.9. The number of carbonyl (C=O) groups excluding carboxylic acids is 5. The van der Waals surface area contributed by atoms with Gasteiger partial charge in [0, 0.05) is 12.8 Å². The van der Waals surface area contributed by atoms with E-state index < -0.39 is 36.3 Å². The predicted octanol–water partition coefficient (Wildman–Crippen LogP) is 0.610. The number of likely N-dealkylation sites (N-methyl/N-ethyl adjacent to an activating group) is 1. The molecule has 0 spiro atoms. The number of rotatable bonds is 17. The maximum atomic E-state index is 12.3. The van der Waals surface area contributed by atoms with Crippen molar-refractivity contribution in [1.29, 1.82) is 0 Å². The fraction of sp³-hybridized carbons (Fsp3) is 0.600. The summed E-state index contributed by atoms with van der Waals surface area (Å²) in [6.07, 6.45) is -0.716. The lowest BCUT2D eigenvalue weighted by Crippen LogP contribution is -2.39. The first-order valence-electron chi connectivity index (χ1n) is 12.6. The van der Waals surface area contributed by atoms with E-state index in [4.69, 9.17) is 24.7 Å². The SMILES string of the molecule is CC(=O)CCC(=O)OC[C@@H](O[C@H](COC(=O)CN(C)C)[C@@H](C)OC(=O)CCC(C)=O)n1cnc2c(N)ncnc21. The quantitative estimate of drug-likeness (QED) is 0.207. The van der Waals surface area contributed by atoms with Gasteiger partial charge in [0.15, 0.2) is 17.7 Å². The second kappa shape index (κ2) is 15.6. The molecule has 2 aromatic rings. The summed E-state index contributed by atoms with van der Waals surface area (Å²) in [5.41, 5.74) is 6.45. The van der Waals surface area contributed by atoms with E-state index in [1.54, 1.807) is 19.0 Å². The average Bonchev–Trinajstić information content (AvgIpc) is 3.30. The topological polar surface area (TPSA) is 195 Å². The number of esters is 3. The zero-order valence-corrected chi connectivity index (χ0v) is 23.3. The molecule has 2 aromatic heterocycles. The molecule has 0 saturated carbocycles. The lowest BCUT2D eigenvalue weighted by Gasteiger charge is -2.29. The number of nitrogens with two attached hydrogens (primary N) is 1. The Balaban J connectivity index is 2.32. The van der Waals surface area contributed by atoms with E-state index in [1.165, 1.54) is 38.0 Å². The molecular formula is C25H36N6O9. The van der Waals surface area contributed by atoms with E-state index in [1.807, 2.05) is 0 Å². The molecule has 0 aliphatic heterocycles. The van der Waals surface area contributed by atoms with Gasteiger partial charge in [-0.1, -0.05) is 0 Å². The third-order valence-corrected chi connectivity index (χ3v) is 5.47. The standard InChI is InChI=1S/C25H36N6O9/c1-15(32)6-8-20(34)38-12-19(31-14-29-23-24(26)27-13-28-25(23)31)40-18(11-37-22(36)10-30(4)5)17(3)39-21(35)9-7-16(2)33/h13-14,17-19H,6-12H2,1-5H3,(H2,26,27,28)/t17-,18-,19-/m1/s1. The minimum atomic E-state index is -1.09. The van der Waals surface area contributed by atoms with E-state index in [2.05, 4.69) is 15.0 Å². The Morgan fingerprint density at radius 1 is 0.900 bits per heavy atom. The van der Waals surface area contributed by atoms with Crippen LogP contribution in [0.2, 0.25) is 0 Å². The largest absolute Gasteiger partial charge is 0.462 e. The fourth-order valence-corrected chi connectivity index (χ4v) is 3.37. The molecule has 15 heteroatoms. The summed E-state index contributed by atoms with van der Waals surface area (Å²) in [5, 5.41) is 0. The smallest absolute Gasteiger partial charge is 0.320 e. The minimum Gasteiger partial charge on any atom is -0.462 e. The second-order valence-corrected chi connectivity index (χ2v) is 9.41. The number of nitrogens with zero attached hydrogens (tertiary/aromatic N) is 5. The number of imidazole rings is 1. The molecule has 220 valence electrons. The molecule has 15 nitrogen and oxygen atoms in total. The van der Waals surface area contributed by atoms with Crippen molar-refractivity contribution in [2.24, 2.45) is 0 Å². The number of carbonyl (C=O) groups is 5. The maximum absolute atomic E-state index is 12.3.